The Kier molecular flexibility index (Phi) is 4.10. The molecular formula is C22H24N4O3. The monoisotopic (exact) mass is 392 g/mol. The standard InChI is InChI=1S/C22H24N4O3/c1-11-7-14-18(8-12(11)2)29-20(23)16(19(14)27)10-26-6-5-17-15(9-26)22(28)25-21(24-17)13-3-4-13/h7-8,13H,3-6,9-10,23H2,1-2H3,(H,24,25,28). The molecule has 0 radical (unpaired) electrons. The van der Waals surface area contributed by atoms with Gasteiger partial charge in [0.1, 0.15) is 11.4 Å². The first-order valence-corrected chi connectivity index (χ1v) is 10.1. The topological polar surface area (TPSA) is 105 Å². The molecule has 0 amide bonds. The van der Waals surface area contributed by atoms with Crippen LogP contribution in [0.1, 0.15) is 52.5 Å². The molecule has 1 aliphatic carbocycles. The molecule has 5 rings (SSSR count). The molecule has 0 saturated heterocycles. The molecule has 1 fully saturated rings. The lowest BCUT2D eigenvalue weighted by atomic mass is 10.0. The molecule has 1 aliphatic heterocycles. The van der Waals surface area contributed by atoms with Gasteiger partial charge in [-0.2, -0.15) is 0 Å². The normalized spacial score (nSPS) is 16.9. The zero-order chi connectivity index (χ0) is 20.3. The van der Waals surface area contributed by atoms with E-state index in [-0.39, 0.29) is 16.9 Å². The summed E-state index contributed by atoms with van der Waals surface area (Å²) in [6.07, 6.45) is 2.89. The summed E-state index contributed by atoms with van der Waals surface area (Å²) in [5.74, 6) is 1.39. The fourth-order valence-electron chi connectivity index (χ4n) is 4.06. The van der Waals surface area contributed by atoms with E-state index in [1.807, 2.05) is 26.0 Å². The molecule has 1 aromatic carbocycles. The number of nitrogen functional groups attached to an aromatic ring is 1. The third-order valence-electron chi connectivity index (χ3n) is 6.14. The van der Waals surface area contributed by atoms with Gasteiger partial charge in [-0.3, -0.25) is 14.5 Å². The predicted molar refractivity (Wildman–Crippen MR) is 111 cm³/mol. The molecular weight excluding hydrogens is 368 g/mol. The maximum Gasteiger partial charge on any atom is 0.255 e. The van der Waals surface area contributed by atoms with Crippen LogP contribution in [0.2, 0.25) is 0 Å². The van der Waals surface area contributed by atoms with E-state index in [2.05, 4.69) is 14.9 Å². The summed E-state index contributed by atoms with van der Waals surface area (Å²) in [4.78, 5) is 35.3. The molecule has 2 aliphatic rings. The van der Waals surface area contributed by atoms with Crippen LogP contribution >= 0.6 is 0 Å². The molecule has 0 unspecified atom stereocenters. The van der Waals surface area contributed by atoms with Crippen molar-refractivity contribution < 1.29 is 4.42 Å². The number of nitrogens with zero attached hydrogens (tertiary/aromatic N) is 2. The van der Waals surface area contributed by atoms with Crippen LogP contribution in [0.4, 0.5) is 5.88 Å². The van der Waals surface area contributed by atoms with Crippen molar-refractivity contribution in [2.75, 3.05) is 12.3 Å². The zero-order valence-corrected chi connectivity index (χ0v) is 16.7. The van der Waals surface area contributed by atoms with Gasteiger partial charge >= 0.3 is 0 Å². The second kappa shape index (κ2) is 6.56. The van der Waals surface area contributed by atoms with Gasteiger partial charge in [0.05, 0.1) is 22.2 Å². The molecule has 150 valence electrons. The fraction of sp³-hybridized carbons (Fsp3) is 0.409. The molecule has 7 nitrogen and oxygen atoms in total. The van der Waals surface area contributed by atoms with Gasteiger partial charge in [-0.1, -0.05) is 0 Å². The number of nitrogens with two attached hydrogens (primary N) is 1. The molecule has 1 saturated carbocycles. The third kappa shape index (κ3) is 3.15. The van der Waals surface area contributed by atoms with Crippen LogP contribution in [-0.2, 0) is 19.5 Å². The first-order chi connectivity index (χ1) is 13.9. The van der Waals surface area contributed by atoms with Gasteiger partial charge in [-0.25, -0.2) is 4.98 Å². The first kappa shape index (κ1) is 18.1. The second-order valence-corrected chi connectivity index (χ2v) is 8.32. The number of H-pyrrole nitrogens is 1. The van der Waals surface area contributed by atoms with Crippen LogP contribution in [0.25, 0.3) is 11.0 Å². The number of aromatic nitrogens is 2. The SMILES string of the molecule is Cc1cc2oc(N)c(CN3CCc4nc(C5CC5)[nH]c(=O)c4C3)c(=O)c2cc1C. The Bertz CT molecular complexity index is 1250. The van der Waals surface area contributed by atoms with Crippen molar-refractivity contribution in [2.45, 2.75) is 52.1 Å². The predicted octanol–water partition coefficient (Wildman–Crippen LogP) is 2.51. The lowest BCUT2D eigenvalue weighted by molar-refractivity contribution is 0.240. The van der Waals surface area contributed by atoms with Crippen LogP contribution in [-0.4, -0.2) is 21.4 Å². The molecule has 0 spiro atoms. The van der Waals surface area contributed by atoms with E-state index in [9.17, 15) is 9.59 Å². The van der Waals surface area contributed by atoms with Crippen molar-refractivity contribution in [1.29, 1.82) is 0 Å². The largest absolute Gasteiger partial charge is 0.440 e. The van der Waals surface area contributed by atoms with Crippen LogP contribution in [0, 0.1) is 13.8 Å². The average molecular weight is 392 g/mol. The molecule has 0 atom stereocenters. The minimum Gasteiger partial charge on any atom is -0.440 e. The Balaban J connectivity index is 1.47. The Morgan fingerprint density at radius 3 is 2.76 bits per heavy atom. The van der Waals surface area contributed by atoms with Gasteiger partial charge in [0.2, 0.25) is 0 Å². The lowest BCUT2D eigenvalue weighted by Gasteiger charge is -2.27. The summed E-state index contributed by atoms with van der Waals surface area (Å²) in [5.41, 5.74) is 10.6. The molecule has 0 bridgehead atoms. The van der Waals surface area contributed by atoms with E-state index in [4.69, 9.17) is 10.2 Å². The number of benzene rings is 1. The van der Waals surface area contributed by atoms with E-state index in [1.54, 1.807) is 0 Å². The smallest absolute Gasteiger partial charge is 0.255 e. The van der Waals surface area contributed by atoms with Gasteiger partial charge < -0.3 is 15.1 Å². The second-order valence-electron chi connectivity index (χ2n) is 8.32. The van der Waals surface area contributed by atoms with Crippen molar-refractivity contribution in [2.24, 2.45) is 0 Å². The summed E-state index contributed by atoms with van der Waals surface area (Å²) in [6, 6.07) is 3.71. The number of fused-ring (bicyclic) bond motifs is 2. The lowest BCUT2D eigenvalue weighted by Crippen LogP contribution is -2.37. The van der Waals surface area contributed by atoms with Gasteiger partial charge in [0.15, 0.2) is 11.3 Å². The Morgan fingerprint density at radius 2 is 2.00 bits per heavy atom. The third-order valence-corrected chi connectivity index (χ3v) is 6.14. The molecule has 2 aromatic heterocycles. The average Bonchev–Trinajstić information content (AvgIpc) is 3.52. The first-order valence-electron chi connectivity index (χ1n) is 10.1. The van der Waals surface area contributed by atoms with Crippen molar-refractivity contribution >= 4 is 16.9 Å². The summed E-state index contributed by atoms with van der Waals surface area (Å²) in [6.45, 7) is 5.47. The zero-order valence-electron chi connectivity index (χ0n) is 16.7. The summed E-state index contributed by atoms with van der Waals surface area (Å²) >= 11 is 0. The van der Waals surface area contributed by atoms with Crippen LogP contribution in [0.5, 0.6) is 0 Å². The number of aromatic amines is 1. The minimum absolute atomic E-state index is 0.0637. The van der Waals surface area contributed by atoms with Crippen molar-refractivity contribution in [3.05, 3.63) is 66.5 Å². The van der Waals surface area contributed by atoms with Gasteiger partial charge in [-0.05, 0) is 49.9 Å². The quantitative estimate of drug-likeness (QED) is 0.710. The van der Waals surface area contributed by atoms with E-state index in [0.29, 0.717) is 47.5 Å². The summed E-state index contributed by atoms with van der Waals surface area (Å²) in [5, 5.41) is 0.545. The Hall–Kier alpha value is -2.93. The number of hydrogen-bond donors (Lipinski definition) is 2. The summed E-state index contributed by atoms with van der Waals surface area (Å²) in [7, 11) is 0. The Morgan fingerprint density at radius 1 is 1.24 bits per heavy atom. The number of nitrogens with one attached hydrogen (secondary N) is 1. The van der Waals surface area contributed by atoms with Crippen molar-refractivity contribution in [3.8, 4) is 0 Å². The molecule has 3 heterocycles. The van der Waals surface area contributed by atoms with Crippen LogP contribution in [0.15, 0.2) is 26.1 Å². The van der Waals surface area contributed by atoms with E-state index in [0.717, 1.165) is 42.0 Å². The van der Waals surface area contributed by atoms with Crippen molar-refractivity contribution in [1.82, 2.24) is 14.9 Å². The van der Waals surface area contributed by atoms with E-state index < -0.39 is 0 Å². The number of aryl methyl sites for hydroxylation is 2. The highest BCUT2D eigenvalue weighted by atomic mass is 16.3. The van der Waals surface area contributed by atoms with Crippen molar-refractivity contribution in [3.63, 3.8) is 0 Å². The highest BCUT2D eigenvalue weighted by Crippen LogP contribution is 2.37. The van der Waals surface area contributed by atoms with Gasteiger partial charge in [0, 0.05) is 32.0 Å². The molecule has 3 aromatic rings. The van der Waals surface area contributed by atoms with Crippen LogP contribution in [0.3, 0.4) is 0 Å². The maximum atomic E-state index is 13.1. The molecule has 7 heteroatoms. The van der Waals surface area contributed by atoms with Gasteiger partial charge in [0.25, 0.3) is 5.56 Å². The molecule has 3 N–H and O–H groups in total. The number of hydrogen-bond acceptors (Lipinski definition) is 6. The summed E-state index contributed by atoms with van der Waals surface area (Å²) < 4.78 is 5.76. The highest BCUT2D eigenvalue weighted by molar-refractivity contribution is 5.80. The fourth-order valence-corrected chi connectivity index (χ4v) is 4.06. The highest BCUT2D eigenvalue weighted by Gasteiger charge is 2.29. The maximum absolute atomic E-state index is 13.1. The minimum atomic E-state index is -0.103. The molecule has 29 heavy (non-hydrogen) atoms. The van der Waals surface area contributed by atoms with E-state index in [1.165, 1.54) is 0 Å². The van der Waals surface area contributed by atoms with Gasteiger partial charge in [-0.15, -0.1) is 0 Å². The number of anilines is 1. The van der Waals surface area contributed by atoms with E-state index >= 15 is 0 Å². The Labute approximate surface area is 167 Å². The number of rotatable bonds is 3. The van der Waals surface area contributed by atoms with Crippen LogP contribution < -0.4 is 16.7 Å².